The molecule has 0 atom stereocenters. The van der Waals surface area contributed by atoms with Crippen molar-refractivity contribution >= 4 is 11.6 Å². The molecule has 1 heterocycles. The Morgan fingerprint density at radius 3 is 2.50 bits per heavy atom. The van der Waals surface area contributed by atoms with Crippen LogP contribution in [0.2, 0.25) is 0 Å². The van der Waals surface area contributed by atoms with Gasteiger partial charge in [-0.2, -0.15) is 0 Å². The van der Waals surface area contributed by atoms with Gasteiger partial charge in [0.25, 0.3) is 0 Å². The van der Waals surface area contributed by atoms with Crippen LogP contribution in [0, 0.1) is 6.92 Å². The highest BCUT2D eigenvalue weighted by molar-refractivity contribution is 5.73. The van der Waals surface area contributed by atoms with Crippen LogP contribution in [-0.4, -0.2) is 43.5 Å². The summed E-state index contributed by atoms with van der Waals surface area (Å²) in [4.78, 5) is 15.7. The number of nitrogens with one attached hydrogen (secondary N) is 1. The molecule has 20 heavy (non-hydrogen) atoms. The number of hydrogen-bond donors (Lipinski definition) is 1. The zero-order valence-electron chi connectivity index (χ0n) is 12.8. The normalized spacial score (nSPS) is 15.6. The number of nitrogens with zero attached hydrogens (tertiary/aromatic N) is 2. The molecule has 1 amide bonds. The first-order valence-electron chi connectivity index (χ1n) is 7.42. The SMILES string of the molecule is CCNCc1ccc(N2CCN(C(C)=O)CC2)c(C)c1. The molecule has 0 unspecified atom stereocenters. The van der Waals surface area contributed by atoms with Crippen molar-refractivity contribution in [3.63, 3.8) is 0 Å². The molecule has 0 saturated carbocycles. The third-order valence-corrected chi connectivity index (χ3v) is 3.91. The summed E-state index contributed by atoms with van der Waals surface area (Å²) in [5.74, 6) is 0.183. The maximum absolute atomic E-state index is 11.4. The van der Waals surface area contributed by atoms with E-state index in [0.717, 1.165) is 39.3 Å². The second kappa shape index (κ2) is 6.75. The Bertz CT molecular complexity index is 465. The molecule has 1 aromatic carbocycles. The lowest BCUT2D eigenvalue weighted by Crippen LogP contribution is -2.48. The summed E-state index contributed by atoms with van der Waals surface area (Å²) >= 11 is 0. The molecule has 1 aliphatic rings. The van der Waals surface area contributed by atoms with E-state index < -0.39 is 0 Å². The summed E-state index contributed by atoms with van der Waals surface area (Å²) in [6.45, 7) is 11.4. The first-order valence-corrected chi connectivity index (χ1v) is 7.42. The second-order valence-electron chi connectivity index (χ2n) is 5.39. The van der Waals surface area contributed by atoms with Crippen molar-refractivity contribution in [2.75, 3.05) is 37.6 Å². The number of carbonyl (C=O) groups excluding carboxylic acids is 1. The highest BCUT2D eigenvalue weighted by atomic mass is 16.2. The summed E-state index contributed by atoms with van der Waals surface area (Å²) in [6, 6.07) is 6.67. The van der Waals surface area contributed by atoms with E-state index >= 15 is 0 Å². The van der Waals surface area contributed by atoms with Gasteiger partial charge in [-0.15, -0.1) is 0 Å². The molecule has 4 heteroatoms. The summed E-state index contributed by atoms with van der Waals surface area (Å²) in [6.07, 6.45) is 0. The topological polar surface area (TPSA) is 35.6 Å². The van der Waals surface area contributed by atoms with Crippen molar-refractivity contribution in [2.24, 2.45) is 0 Å². The first kappa shape index (κ1) is 14.9. The van der Waals surface area contributed by atoms with E-state index in [1.54, 1.807) is 6.92 Å². The Hall–Kier alpha value is -1.55. The summed E-state index contributed by atoms with van der Waals surface area (Å²) in [5, 5.41) is 3.35. The van der Waals surface area contributed by atoms with E-state index in [9.17, 15) is 4.79 Å². The zero-order valence-corrected chi connectivity index (χ0v) is 12.8. The molecule has 0 radical (unpaired) electrons. The van der Waals surface area contributed by atoms with E-state index in [0.29, 0.717) is 0 Å². The average molecular weight is 275 g/mol. The van der Waals surface area contributed by atoms with Gasteiger partial charge < -0.3 is 15.1 Å². The molecule has 1 aliphatic heterocycles. The predicted octanol–water partition coefficient (Wildman–Crippen LogP) is 1.77. The Morgan fingerprint density at radius 1 is 1.25 bits per heavy atom. The van der Waals surface area contributed by atoms with Crippen molar-refractivity contribution in [3.8, 4) is 0 Å². The van der Waals surface area contributed by atoms with Gasteiger partial charge in [-0.1, -0.05) is 19.1 Å². The molecule has 0 aliphatic carbocycles. The maximum atomic E-state index is 11.4. The highest BCUT2D eigenvalue weighted by Crippen LogP contribution is 2.22. The van der Waals surface area contributed by atoms with Crippen molar-refractivity contribution < 1.29 is 4.79 Å². The van der Waals surface area contributed by atoms with E-state index in [4.69, 9.17) is 0 Å². The summed E-state index contributed by atoms with van der Waals surface area (Å²) in [7, 11) is 0. The van der Waals surface area contributed by atoms with E-state index in [-0.39, 0.29) is 5.91 Å². The Morgan fingerprint density at radius 2 is 1.95 bits per heavy atom. The van der Waals surface area contributed by atoms with Crippen LogP contribution < -0.4 is 10.2 Å². The molecule has 4 nitrogen and oxygen atoms in total. The number of rotatable bonds is 4. The summed E-state index contributed by atoms with van der Waals surface area (Å²) in [5.41, 5.74) is 3.95. The number of anilines is 1. The molecule has 2 rings (SSSR count). The first-order chi connectivity index (χ1) is 9.61. The fraction of sp³-hybridized carbons (Fsp3) is 0.562. The van der Waals surface area contributed by atoms with Gasteiger partial charge in [-0.25, -0.2) is 0 Å². The Balaban J connectivity index is 2.01. The minimum absolute atomic E-state index is 0.183. The molecular weight excluding hydrogens is 250 g/mol. The smallest absolute Gasteiger partial charge is 0.219 e. The highest BCUT2D eigenvalue weighted by Gasteiger charge is 2.19. The van der Waals surface area contributed by atoms with Gasteiger partial charge in [0, 0.05) is 45.3 Å². The van der Waals surface area contributed by atoms with Crippen molar-refractivity contribution in [3.05, 3.63) is 29.3 Å². The van der Waals surface area contributed by atoms with Crippen LogP contribution in [0.15, 0.2) is 18.2 Å². The van der Waals surface area contributed by atoms with Gasteiger partial charge in [0.05, 0.1) is 0 Å². The van der Waals surface area contributed by atoms with Crippen molar-refractivity contribution in [1.82, 2.24) is 10.2 Å². The lowest BCUT2D eigenvalue weighted by atomic mass is 10.1. The molecule has 0 spiro atoms. The standard InChI is InChI=1S/C16H25N3O/c1-4-17-12-15-5-6-16(13(2)11-15)19-9-7-18(8-10-19)14(3)20/h5-6,11,17H,4,7-10,12H2,1-3H3. The van der Waals surface area contributed by atoms with E-state index in [2.05, 4.69) is 42.3 Å². The van der Waals surface area contributed by atoms with Crippen LogP contribution >= 0.6 is 0 Å². The van der Waals surface area contributed by atoms with Crippen LogP contribution in [0.4, 0.5) is 5.69 Å². The van der Waals surface area contributed by atoms with Crippen molar-refractivity contribution in [2.45, 2.75) is 27.3 Å². The van der Waals surface area contributed by atoms with Crippen LogP contribution in [0.25, 0.3) is 0 Å². The third-order valence-electron chi connectivity index (χ3n) is 3.91. The number of benzene rings is 1. The Kier molecular flexibility index (Phi) is 5.01. The lowest BCUT2D eigenvalue weighted by Gasteiger charge is -2.36. The third kappa shape index (κ3) is 3.51. The van der Waals surface area contributed by atoms with Crippen LogP contribution in [0.3, 0.4) is 0 Å². The number of amides is 1. The fourth-order valence-electron chi connectivity index (χ4n) is 2.71. The molecule has 1 fully saturated rings. The monoisotopic (exact) mass is 275 g/mol. The van der Waals surface area contributed by atoms with Crippen LogP contribution in [0.1, 0.15) is 25.0 Å². The van der Waals surface area contributed by atoms with Gasteiger partial charge in [0.1, 0.15) is 0 Å². The van der Waals surface area contributed by atoms with Crippen molar-refractivity contribution in [1.29, 1.82) is 0 Å². The number of piperazine rings is 1. The minimum atomic E-state index is 0.183. The molecule has 1 aromatic rings. The van der Waals surface area contributed by atoms with Gasteiger partial charge in [0.2, 0.25) is 5.91 Å². The van der Waals surface area contributed by atoms with Gasteiger partial charge in [-0.3, -0.25) is 4.79 Å². The van der Waals surface area contributed by atoms with Crippen LogP contribution in [0.5, 0.6) is 0 Å². The van der Waals surface area contributed by atoms with E-state index in [1.807, 2.05) is 4.90 Å². The van der Waals surface area contributed by atoms with E-state index in [1.165, 1.54) is 16.8 Å². The number of carbonyl (C=O) groups is 1. The molecular formula is C16H25N3O. The maximum Gasteiger partial charge on any atom is 0.219 e. The minimum Gasteiger partial charge on any atom is -0.368 e. The van der Waals surface area contributed by atoms with Crippen LogP contribution in [-0.2, 0) is 11.3 Å². The molecule has 1 saturated heterocycles. The quantitative estimate of drug-likeness (QED) is 0.910. The van der Waals surface area contributed by atoms with Gasteiger partial charge in [0.15, 0.2) is 0 Å². The molecule has 0 bridgehead atoms. The fourth-order valence-corrected chi connectivity index (χ4v) is 2.71. The number of aryl methyl sites for hydroxylation is 1. The zero-order chi connectivity index (χ0) is 14.5. The average Bonchev–Trinajstić information content (AvgIpc) is 2.45. The summed E-state index contributed by atoms with van der Waals surface area (Å²) < 4.78 is 0. The molecule has 110 valence electrons. The molecule has 0 aromatic heterocycles. The Labute approximate surface area is 121 Å². The van der Waals surface area contributed by atoms with Gasteiger partial charge >= 0.3 is 0 Å². The lowest BCUT2D eigenvalue weighted by molar-refractivity contribution is -0.129. The number of hydrogen-bond acceptors (Lipinski definition) is 3. The molecule has 1 N–H and O–H groups in total. The van der Waals surface area contributed by atoms with Gasteiger partial charge in [-0.05, 0) is 30.7 Å². The largest absolute Gasteiger partial charge is 0.368 e. The second-order valence-corrected chi connectivity index (χ2v) is 5.39. The predicted molar refractivity (Wildman–Crippen MR) is 83.0 cm³/mol.